The molecular formula is C17H20N6O2S. The number of fused-ring (bicyclic) bond motifs is 1. The zero-order chi connectivity index (χ0) is 18.1. The van der Waals surface area contributed by atoms with Crippen LogP contribution in [0, 0.1) is 0 Å². The van der Waals surface area contributed by atoms with E-state index < -0.39 is 10.0 Å². The lowest BCUT2D eigenvalue weighted by atomic mass is 10.2. The maximum Gasteiger partial charge on any atom is 0.246 e. The van der Waals surface area contributed by atoms with E-state index in [1.807, 2.05) is 29.8 Å². The fourth-order valence-corrected chi connectivity index (χ4v) is 4.50. The van der Waals surface area contributed by atoms with Crippen molar-refractivity contribution in [3.8, 4) is 11.3 Å². The third-order valence-corrected chi connectivity index (χ3v) is 6.31. The Morgan fingerprint density at radius 1 is 1.23 bits per heavy atom. The molecule has 4 heterocycles. The van der Waals surface area contributed by atoms with E-state index in [2.05, 4.69) is 15.2 Å². The van der Waals surface area contributed by atoms with Crippen molar-refractivity contribution in [3.05, 3.63) is 48.7 Å². The van der Waals surface area contributed by atoms with Crippen LogP contribution < -0.4 is 0 Å². The molecule has 0 fully saturated rings. The van der Waals surface area contributed by atoms with Gasteiger partial charge in [-0.1, -0.05) is 0 Å². The summed E-state index contributed by atoms with van der Waals surface area (Å²) in [4.78, 5) is 4.36. The van der Waals surface area contributed by atoms with Crippen molar-refractivity contribution >= 4 is 10.0 Å². The molecule has 0 amide bonds. The first kappa shape index (κ1) is 16.9. The van der Waals surface area contributed by atoms with E-state index in [-0.39, 0.29) is 4.90 Å². The fourth-order valence-electron chi connectivity index (χ4n) is 3.09. The molecule has 3 aromatic heterocycles. The van der Waals surface area contributed by atoms with Crippen molar-refractivity contribution in [2.24, 2.45) is 0 Å². The summed E-state index contributed by atoms with van der Waals surface area (Å²) in [5.41, 5.74) is 2.62. The Morgan fingerprint density at radius 3 is 2.85 bits per heavy atom. The molecule has 0 radical (unpaired) electrons. The van der Waals surface area contributed by atoms with Gasteiger partial charge in [0.15, 0.2) is 0 Å². The molecular weight excluding hydrogens is 352 g/mol. The highest BCUT2D eigenvalue weighted by molar-refractivity contribution is 7.89. The highest BCUT2D eigenvalue weighted by Gasteiger charge is 2.29. The molecule has 0 spiro atoms. The van der Waals surface area contributed by atoms with Gasteiger partial charge in [0, 0.05) is 43.8 Å². The normalized spacial score (nSPS) is 15.6. The van der Waals surface area contributed by atoms with Crippen molar-refractivity contribution in [1.29, 1.82) is 0 Å². The Bertz CT molecular complexity index is 1010. The molecule has 0 unspecified atom stereocenters. The zero-order valence-corrected chi connectivity index (χ0v) is 15.3. The van der Waals surface area contributed by atoms with Crippen LogP contribution >= 0.6 is 0 Å². The van der Waals surface area contributed by atoms with E-state index in [0.29, 0.717) is 32.6 Å². The van der Waals surface area contributed by atoms with Crippen LogP contribution in [0.5, 0.6) is 0 Å². The second-order valence-electron chi connectivity index (χ2n) is 6.21. The summed E-state index contributed by atoms with van der Waals surface area (Å²) >= 11 is 0. The Labute approximate surface area is 152 Å². The molecule has 1 aliphatic heterocycles. The molecule has 26 heavy (non-hydrogen) atoms. The van der Waals surface area contributed by atoms with Crippen LogP contribution in [0.15, 0.2) is 47.9 Å². The Balaban J connectivity index is 1.64. The van der Waals surface area contributed by atoms with Gasteiger partial charge in [-0.2, -0.15) is 14.5 Å². The molecule has 136 valence electrons. The van der Waals surface area contributed by atoms with Gasteiger partial charge in [-0.25, -0.2) is 8.42 Å². The summed E-state index contributed by atoms with van der Waals surface area (Å²) in [5.74, 6) is 0. The molecule has 0 aliphatic carbocycles. The summed E-state index contributed by atoms with van der Waals surface area (Å²) in [6, 6.07) is 5.76. The molecule has 0 N–H and O–H groups in total. The largest absolute Gasteiger partial charge is 0.272 e. The van der Waals surface area contributed by atoms with Crippen LogP contribution in [0.4, 0.5) is 0 Å². The van der Waals surface area contributed by atoms with Gasteiger partial charge in [0.2, 0.25) is 10.0 Å². The number of nitrogens with zero attached hydrogens (tertiary/aromatic N) is 6. The van der Waals surface area contributed by atoms with Crippen LogP contribution in [-0.4, -0.2) is 43.8 Å². The number of pyridine rings is 1. The monoisotopic (exact) mass is 372 g/mol. The number of aromatic nitrogens is 5. The van der Waals surface area contributed by atoms with E-state index in [4.69, 9.17) is 0 Å². The van der Waals surface area contributed by atoms with Gasteiger partial charge in [0.1, 0.15) is 4.90 Å². The van der Waals surface area contributed by atoms with E-state index in [1.165, 1.54) is 10.5 Å². The first-order chi connectivity index (χ1) is 12.6. The molecule has 0 aromatic carbocycles. The smallest absolute Gasteiger partial charge is 0.246 e. The summed E-state index contributed by atoms with van der Waals surface area (Å²) in [6.07, 6.45) is 7.19. The minimum atomic E-state index is -3.58. The number of hydrogen-bond acceptors (Lipinski definition) is 5. The Morgan fingerprint density at radius 2 is 2.12 bits per heavy atom. The summed E-state index contributed by atoms with van der Waals surface area (Å²) in [5, 5.41) is 8.72. The first-order valence-corrected chi connectivity index (χ1v) is 10.0. The van der Waals surface area contributed by atoms with Crippen molar-refractivity contribution in [1.82, 2.24) is 28.9 Å². The Kier molecular flexibility index (Phi) is 4.33. The first-order valence-electron chi connectivity index (χ1n) is 8.57. The topological polar surface area (TPSA) is 85.9 Å². The minimum Gasteiger partial charge on any atom is -0.272 e. The molecule has 1 aliphatic rings. The van der Waals surface area contributed by atoms with Crippen molar-refractivity contribution in [2.45, 2.75) is 37.9 Å². The van der Waals surface area contributed by atoms with Crippen LogP contribution in [0.2, 0.25) is 0 Å². The maximum absolute atomic E-state index is 13.0. The van der Waals surface area contributed by atoms with Gasteiger partial charge in [0.05, 0.1) is 24.1 Å². The number of hydrogen-bond donors (Lipinski definition) is 0. The lowest BCUT2D eigenvalue weighted by molar-refractivity contribution is 0.410. The van der Waals surface area contributed by atoms with Crippen molar-refractivity contribution < 1.29 is 8.42 Å². The van der Waals surface area contributed by atoms with Gasteiger partial charge >= 0.3 is 0 Å². The molecule has 8 nitrogen and oxygen atoms in total. The van der Waals surface area contributed by atoms with E-state index in [0.717, 1.165) is 17.0 Å². The molecule has 0 atom stereocenters. The van der Waals surface area contributed by atoms with Crippen molar-refractivity contribution in [3.63, 3.8) is 0 Å². The van der Waals surface area contributed by atoms with Gasteiger partial charge in [-0.3, -0.25) is 14.3 Å². The molecule has 0 saturated carbocycles. The Hall–Kier alpha value is -2.52. The van der Waals surface area contributed by atoms with Crippen LogP contribution in [0.25, 0.3) is 11.3 Å². The fraction of sp³-hybridized carbons (Fsp3) is 0.353. The van der Waals surface area contributed by atoms with Crippen LogP contribution in [0.1, 0.15) is 19.0 Å². The average Bonchev–Trinajstić information content (AvgIpc) is 3.25. The SMILES string of the molecule is CCn1cc(S(=O)(=O)N2CCCn3nc(-c4cccnc4)cc3C2)cn1. The summed E-state index contributed by atoms with van der Waals surface area (Å²) in [7, 11) is -3.58. The van der Waals surface area contributed by atoms with Crippen LogP contribution in [-0.2, 0) is 29.7 Å². The second-order valence-corrected chi connectivity index (χ2v) is 8.15. The van der Waals surface area contributed by atoms with Gasteiger partial charge in [-0.15, -0.1) is 0 Å². The number of sulfonamides is 1. The van der Waals surface area contributed by atoms with E-state index >= 15 is 0 Å². The maximum atomic E-state index is 13.0. The lowest BCUT2D eigenvalue weighted by Crippen LogP contribution is -2.30. The highest BCUT2D eigenvalue weighted by Crippen LogP contribution is 2.24. The van der Waals surface area contributed by atoms with Gasteiger partial charge in [-0.05, 0) is 31.5 Å². The summed E-state index contributed by atoms with van der Waals surface area (Å²) in [6.45, 7) is 4.01. The molecule has 0 bridgehead atoms. The molecule has 0 saturated heterocycles. The lowest BCUT2D eigenvalue weighted by Gasteiger charge is -2.18. The van der Waals surface area contributed by atoms with E-state index in [1.54, 1.807) is 23.3 Å². The summed E-state index contributed by atoms with van der Waals surface area (Å²) < 4.78 is 31.0. The third-order valence-electron chi connectivity index (χ3n) is 4.51. The molecule has 9 heteroatoms. The predicted octanol–water partition coefficient (Wildman–Crippen LogP) is 1.76. The molecule has 4 rings (SSSR count). The number of rotatable bonds is 4. The van der Waals surface area contributed by atoms with Crippen LogP contribution in [0.3, 0.4) is 0 Å². The molecule has 3 aromatic rings. The predicted molar refractivity (Wildman–Crippen MR) is 95.6 cm³/mol. The standard InChI is InChI=1S/C17H20N6O2S/c1-2-21-13-16(11-19-21)26(24,25)22-7-4-8-23-15(12-22)9-17(20-23)14-5-3-6-18-10-14/h3,5-6,9-11,13H,2,4,7-8,12H2,1H3. The van der Waals surface area contributed by atoms with Gasteiger partial charge in [0.25, 0.3) is 0 Å². The number of aryl methyl sites for hydroxylation is 2. The third kappa shape index (κ3) is 3.04. The quantitative estimate of drug-likeness (QED) is 0.696. The van der Waals surface area contributed by atoms with E-state index in [9.17, 15) is 8.42 Å². The zero-order valence-electron chi connectivity index (χ0n) is 14.5. The van der Waals surface area contributed by atoms with Crippen molar-refractivity contribution in [2.75, 3.05) is 6.54 Å². The highest BCUT2D eigenvalue weighted by atomic mass is 32.2. The average molecular weight is 372 g/mol. The second kappa shape index (κ2) is 6.65. The minimum absolute atomic E-state index is 0.236. The van der Waals surface area contributed by atoms with Gasteiger partial charge < -0.3 is 0 Å².